The van der Waals surface area contributed by atoms with Gasteiger partial charge in [-0.05, 0) is 396 Å². The second-order valence-electron chi connectivity index (χ2n) is 52.3. The molecule has 848 valence electrons. The standard InChI is InChI=1S/C19H29ClN2O.C19H29F3N2.C19H32N2O.C18H29ClN2.C18H27F3N2.C17H28N2.C15H30N2O/c1-19(2,3)22-12-16-10-21(11-17(16)13-22)8-9-23-14-15-4-6-18(20)7-5-15;1-18(2,3)24-13-10-17(11-14-24)23(4)12-9-15-5-7-16(8-6-15)19(20,21)22;1-19(2,3)21-14-11-17(12-15-21)20(4)13-10-16-6-8-18(22-5)9-7-16;1-18(2,3)21-13-10-17(11-14-21)20(4)12-9-15-5-7-16(19)8-6-15;1-17(2,3)23-12-9-16(10-13-23)22-11-8-14-4-6-15(7-5-14)18(19,20)21;1-17(2,3)19-12-10-16(11-13-19)18(4)14-15-8-6-5-7-9-15;1-14(2,3)17-8-6-13(7-9-17)16(5)10-15(4)11-18-12-15/h4-7,16-17H,8-14H2,1-3H3;5-8,17H,9-14H2,1-4H3;6-9,17H,10-15H2,1-5H3;5-8,17H,9-14H2,1-4H3;4-7,16,22H,8-13H2,1-3H3;5-9,16H,10-14H2,1-4H3;13H,6-12H2,1-5H3/t16-,17+;;;;;;. The Hall–Kier alpha value is -5.36. The van der Waals surface area contributed by atoms with Crippen LogP contribution in [0.4, 0.5) is 26.3 Å². The molecule has 0 aromatic heterocycles. The predicted molar refractivity (Wildman–Crippen MR) is 619 cm³/mol. The molecule has 1 N–H and O–H groups in total. The normalized spacial score (nSPS) is 20.5. The third kappa shape index (κ3) is 44.5. The van der Waals surface area contributed by atoms with Crippen molar-refractivity contribution in [1.82, 2.24) is 69.0 Å². The van der Waals surface area contributed by atoms with E-state index in [0.29, 0.717) is 51.8 Å². The number of fused-ring (bicyclic) bond motifs is 1. The molecule has 0 radical (unpaired) electrons. The van der Waals surface area contributed by atoms with Crippen LogP contribution in [0.2, 0.25) is 10.0 Å². The molecule has 9 saturated heterocycles. The third-order valence-corrected chi connectivity index (χ3v) is 33.9. The fourth-order valence-electron chi connectivity index (χ4n) is 22.7. The molecule has 0 bridgehead atoms. The van der Waals surface area contributed by atoms with Crippen LogP contribution in [0.5, 0.6) is 5.75 Å². The number of nitrogens with zero attached hydrogens (tertiary/aromatic N) is 13. The van der Waals surface area contributed by atoms with E-state index in [-0.39, 0.29) is 11.1 Å². The number of alkyl halides is 6. The average Bonchev–Trinajstić information content (AvgIpc) is 1.68. The van der Waals surface area contributed by atoms with Gasteiger partial charge in [-0.25, -0.2) is 0 Å². The molecule has 0 spiro atoms. The quantitative estimate of drug-likeness (QED) is 0.0373. The Balaban J connectivity index is 0.000000195. The Kier molecular flexibility index (Phi) is 50.3. The fourth-order valence-corrected chi connectivity index (χ4v) is 23.0. The molecule has 6 aromatic carbocycles. The van der Waals surface area contributed by atoms with Gasteiger partial charge in [0, 0.05) is 234 Å². The lowest BCUT2D eigenvalue weighted by Crippen LogP contribution is -2.54. The van der Waals surface area contributed by atoms with Crippen molar-refractivity contribution in [3.05, 3.63) is 206 Å². The van der Waals surface area contributed by atoms with Gasteiger partial charge in [-0.3, -0.25) is 39.2 Å². The summed E-state index contributed by atoms with van der Waals surface area (Å²) in [5.74, 6) is 2.64. The maximum Gasteiger partial charge on any atom is 0.416 e. The van der Waals surface area contributed by atoms with E-state index in [1.54, 1.807) is 31.4 Å². The van der Waals surface area contributed by atoms with Crippen LogP contribution in [0.1, 0.15) is 274 Å². The van der Waals surface area contributed by atoms with Crippen LogP contribution >= 0.6 is 23.2 Å². The van der Waals surface area contributed by atoms with Gasteiger partial charge in [0.15, 0.2) is 0 Å². The number of likely N-dealkylation sites (N-methyl/N-ethyl adjacent to an activating group) is 3. The number of halogens is 8. The number of methoxy groups -OCH3 is 1. The van der Waals surface area contributed by atoms with Crippen molar-refractivity contribution >= 4 is 23.2 Å². The van der Waals surface area contributed by atoms with Crippen LogP contribution in [0.3, 0.4) is 0 Å². The summed E-state index contributed by atoms with van der Waals surface area (Å²) < 4.78 is 91.7. The monoisotopic (exact) mass is 2130 g/mol. The van der Waals surface area contributed by atoms with E-state index < -0.39 is 23.5 Å². The molecule has 9 fully saturated rings. The predicted octanol–water partition coefficient (Wildman–Crippen LogP) is 25.2. The maximum absolute atomic E-state index is 12.6. The SMILES string of the molecule is CC(C)(C)N1CCC(NCCc2ccc(C(F)(F)F)cc2)CC1.CC(C)(C)N1C[C@H]2CN(CCOCc3ccc(Cl)cc3)C[C@H]2C1.CN(CC1(C)COC1)C1CCN(C(C)(C)C)CC1.CN(CCc1ccc(C(F)(F)F)cc1)C1CCN(C(C)(C)C)CC1.CN(CCc1ccc(Cl)cc1)C1CCN(C(C)(C)C)CC1.CN(Cc1ccccc1)C1CCN(C(C)(C)C)CC1.COc1ccc(CCN(C)C2CCN(C(C)(C)C)CC2)cc1. The first-order valence-corrected chi connectivity index (χ1v) is 57.8. The molecule has 2 atom stereocenters. The number of hydrogen-bond acceptors (Lipinski definition) is 17. The lowest BCUT2D eigenvalue weighted by atomic mass is 9.87. The first kappa shape index (κ1) is 128. The molecular formula is C125H204Cl2F6N14O3. The zero-order valence-corrected chi connectivity index (χ0v) is 100. The van der Waals surface area contributed by atoms with Crippen molar-refractivity contribution < 1.29 is 40.6 Å². The first-order chi connectivity index (χ1) is 70.2. The van der Waals surface area contributed by atoms with Crippen molar-refractivity contribution in [2.45, 2.75) is 356 Å². The summed E-state index contributed by atoms with van der Waals surface area (Å²) in [4.78, 5) is 33.2. The number of likely N-dealkylation sites (tertiary alicyclic amines) is 8. The van der Waals surface area contributed by atoms with Crippen molar-refractivity contribution in [1.29, 1.82) is 0 Å². The van der Waals surface area contributed by atoms with Crippen molar-refractivity contribution in [2.24, 2.45) is 17.3 Å². The fraction of sp³-hybridized carbons (Fsp3) is 0.712. The van der Waals surface area contributed by atoms with Crippen LogP contribution in [0.15, 0.2) is 152 Å². The van der Waals surface area contributed by atoms with Gasteiger partial charge in [0.2, 0.25) is 0 Å². The van der Waals surface area contributed by atoms with Crippen LogP contribution in [-0.2, 0) is 60.7 Å². The van der Waals surface area contributed by atoms with Crippen LogP contribution in [0.25, 0.3) is 0 Å². The van der Waals surface area contributed by atoms with E-state index in [4.69, 9.17) is 37.4 Å². The summed E-state index contributed by atoms with van der Waals surface area (Å²) in [6, 6.07) is 50.5. The molecule has 0 saturated carbocycles. The molecule has 9 heterocycles. The summed E-state index contributed by atoms with van der Waals surface area (Å²) in [6.45, 7) is 80.5. The lowest BCUT2D eigenvalue weighted by molar-refractivity contribution is -0.138. The number of nitrogens with one attached hydrogen (secondary N) is 1. The Morgan fingerprint density at radius 2 is 0.640 bits per heavy atom. The number of ether oxygens (including phenoxy) is 3. The minimum Gasteiger partial charge on any atom is -0.497 e. The third-order valence-electron chi connectivity index (χ3n) is 33.4. The Morgan fingerprint density at radius 3 is 0.947 bits per heavy atom. The smallest absolute Gasteiger partial charge is 0.416 e. The van der Waals surface area contributed by atoms with Gasteiger partial charge in [-0.15, -0.1) is 0 Å². The zero-order chi connectivity index (χ0) is 110. The number of piperidine rings is 6. The number of benzene rings is 6. The minimum absolute atomic E-state index is 0.226. The Bertz CT molecular complexity index is 4680. The van der Waals surface area contributed by atoms with Gasteiger partial charge in [0.25, 0.3) is 0 Å². The van der Waals surface area contributed by atoms with Crippen molar-refractivity contribution in [3.8, 4) is 5.75 Å². The van der Waals surface area contributed by atoms with Crippen LogP contribution < -0.4 is 10.1 Å². The molecule has 9 aliphatic heterocycles. The topological polar surface area (TPSA) is 81.8 Å². The summed E-state index contributed by atoms with van der Waals surface area (Å²) in [7, 11) is 13.0. The van der Waals surface area contributed by atoms with Gasteiger partial charge in [0.05, 0.1) is 44.7 Å². The molecule has 6 aromatic rings. The Labute approximate surface area is 918 Å². The van der Waals surface area contributed by atoms with Gasteiger partial charge < -0.3 is 44.0 Å². The molecular weight excluding hydrogens is 1930 g/mol. The molecule has 0 aliphatic carbocycles. The van der Waals surface area contributed by atoms with Crippen molar-refractivity contribution in [2.75, 3.05) is 206 Å². The van der Waals surface area contributed by atoms with E-state index in [9.17, 15) is 26.3 Å². The highest BCUT2D eigenvalue weighted by atomic mass is 35.5. The molecule has 9 aliphatic rings. The maximum atomic E-state index is 12.6. The van der Waals surface area contributed by atoms with Crippen LogP contribution in [-0.4, -0.2) is 345 Å². The second-order valence-corrected chi connectivity index (χ2v) is 53.2. The van der Waals surface area contributed by atoms with Gasteiger partial charge in [-0.2, -0.15) is 26.3 Å². The van der Waals surface area contributed by atoms with E-state index in [0.717, 1.165) is 212 Å². The molecule has 25 heteroatoms. The molecule has 150 heavy (non-hydrogen) atoms. The Morgan fingerprint density at radius 1 is 0.347 bits per heavy atom. The van der Waals surface area contributed by atoms with E-state index in [2.05, 4.69) is 323 Å². The number of hydrogen-bond donors (Lipinski definition) is 1. The highest BCUT2D eigenvalue weighted by molar-refractivity contribution is 6.30. The summed E-state index contributed by atoms with van der Waals surface area (Å²) in [5.41, 5.74) is 8.58. The van der Waals surface area contributed by atoms with E-state index in [1.165, 1.54) is 171 Å². The highest BCUT2D eigenvalue weighted by Gasteiger charge is 2.44. The van der Waals surface area contributed by atoms with E-state index >= 15 is 0 Å². The number of rotatable bonds is 28. The van der Waals surface area contributed by atoms with Gasteiger partial charge in [0.1, 0.15) is 5.75 Å². The second kappa shape index (κ2) is 59.0. The summed E-state index contributed by atoms with van der Waals surface area (Å²) >= 11 is 11.8. The average molecular weight is 2140 g/mol. The molecule has 0 amide bonds. The van der Waals surface area contributed by atoms with Crippen LogP contribution in [0, 0.1) is 17.3 Å². The van der Waals surface area contributed by atoms with Gasteiger partial charge >= 0.3 is 12.4 Å². The molecule has 0 unspecified atom stereocenters. The largest absolute Gasteiger partial charge is 0.497 e. The zero-order valence-electron chi connectivity index (χ0n) is 98.5. The van der Waals surface area contributed by atoms with E-state index in [1.807, 2.05) is 36.4 Å². The molecule has 17 nitrogen and oxygen atoms in total. The highest BCUT2D eigenvalue weighted by Crippen LogP contribution is 2.38. The summed E-state index contributed by atoms with van der Waals surface area (Å²) in [6.07, 6.45) is 10.2. The van der Waals surface area contributed by atoms with Crippen molar-refractivity contribution in [3.63, 3.8) is 0 Å². The lowest BCUT2D eigenvalue weighted by Gasteiger charge is -2.46. The first-order valence-electron chi connectivity index (χ1n) is 57.0. The van der Waals surface area contributed by atoms with Gasteiger partial charge in [-0.1, -0.05) is 121 Å². The summed E-state index contributed by atoms with van der Waals surface area (Å²) in [5, 5.41) is 5.14. The molecule has 15 rings (SSSR count). The minimum atomic E-state index is -4.25.